The summed E-state index contributed by atoms with van der Waals surface area (Å²) in [7, 11) is -4.13. The third kappa shape index (κ3) is 5.46. The van der Waals surface area contributed by atoms with Crippen LogP contribution in [0.5, 0.6) is 0 Å². The largest absolute Gasteiger partial charge is 0.350 e. The van der Waals surface area contributed by atoms with Gasteiger partial charge in [0.2, 0.25) is 15.9 Å². The third-order valence-electron chi connectivity index (χ3n) is 3.94. The lowest BCUT2D eigenvalue weighted by atomic mass is 10.1. The molecular formula is C17H25F2N3O3S. The average Bonchev–Trinajstić information content (AvgIpc) is 2.73. The van der Waals surface area contributed by atoms with Gasteiger partial charge in [-0.1, -0.05) is 0 Å². The van der Waals surface area contributed by atoms with E-state index < -0.39 is 26.6 Å². The maximum Gasteiger partial charge on any atom is 0.246 e. The van der Waals surface area contributed by atoms with Gasteiger partial charge in [0, 0.05) is 25.2 Å². The van der Waals surface area contributed by atoms with Gasteiger partial charge < -0.3 is 5.32 Å². The second-order valence-corrected chi connectivity index (χ2v) is 9.31. The van der Waals surface area contributed by atoms with E-state index in [1.165, 1.54) is 0 Å². The molecule has 1 saturated heterocycles. The molecule has 0 aliphatic carbocycles. The van der Waals surface area contributed by atoms with Crippen molar-refractivity contribution in [2.45, 2.75) is 37.6 Å². The highest BCUT2D eigenvalue weighted by molar-refractivity contribution is 7.89. The van der Waals surface area contributed by atoms with Crippen molar-refractivity contribution in [3.05, 3.63) is 29.8 Å². The van der Waals surface area contributed by atoms with Crippen molar-refractivity contribution in [3.8, 4) is 0 Å². The van der Waals surface area contributed by atoms with Crippen LogP contribution in [0.4, 0.5) is 8.78 Å². The molecule has 6 nitrogen and oxygen atoms in total. The van der Waals surface area contributed by atoms with Crippen molar-refractivity contribution in [1.29, 1.82) is 0 Å². The van der Waals surface area contributed by atoms with E-state index >= 15 is 0 Å². The van der Waals surface area contributed by atoms with Crippen LogP contribution in [0.1, 0.15) is 27.2 Å². The first kappa shape index (κ1) is 20.7. The molecule has 1 heterocycles. The van der Waals surface area contributed by atoms with Gasteiger partial charge in [-0.25, -0.2) is 17.2 Å². The zero-order valence-electron chi connectivity index (χ0n) is 15.3. The number of nitrogens with one attached hydrogen (secondary N) is 1. The molecule has 1 aromatic carbocycles. The first-order valence-electron chi connectivity index (χ1n) is 8.47. The third-order valence-corrected chi connectivity index (χ3v) is 5.85. The topological polar surface area (TPSA) is 69.7 Å². The lowest BCUT2D eigenvalue weighted by Gasteiger charge is -2.25. The predicted octanol–water partition coefficient (Wildman–Crippen LogP) is 1.58. The van der Waals surface area contributed by atoms with Crippen LogP contribution in [0, 0.1) is 11.6 Å². The van der Waals surface area contributed by atoms with Gasteiger partial charge in [0.05, 0.1) is 6.54 Å². The maximum absolute atomic E-state index is 13.9. The molecule has 1 aliphatic rings. The summed E-state index contributed by atoms with van der Waals surface area (Å²) in [6, 6.07) is 2.39. The fourth-order valence-electron chi connectivity index (χ4n) is 2.82. The minimum absolute atomic E-state index is 0.112. The second kappa shape index (κ2) is 7.98. The number of amides is 1. The van der Waals surface area contributed by atoms with Crippen molar-refractivity contribution < 1.29 is 22.0 Å². The molecule has 0 bridgehead atoms. The minimum Gasteiger partial charge on any atom is -0.350 e. The molecule has 1 aromatic rings. The van der Waals surface area contributed by atoms with Gasteiger partial charge in [0.15, 0.2) is 0 Å². The van der Waals surface area contributed by atoms with E-state index in [1.54, 1.807) is 0 Å². The summed E-state index contributed by atoms with van der Waals surface area (Å²) in [4.78, 5) is 13.2. The van der Waals surface area contributed by atoms with E-state index in [0.29, 0.717) is 25.6 Å². The smallest absolute Gasteiger partial charge is 0.246 e. The molecular weight excluding hydrogens is 364 g/mol. The summed E-state index contributed by atoms with van der Waals surface area (Å²) >= 11 is 0. The molecule has 0 saturated carbocycles. The molecule has 26 heavy (non-hydrogen) atoms. The first-order chi connectivity index (χ1) is 12.0. The summed E-state index contributed by atoms with van der Waals surface area (Å²) in [6.45, 7) is 7.01. The van der Waals surface area contributed by atoms with Gasteiger partial charge in [-0.3, -0.25) is 9.69 Å². The standard InChI is InChI=1S/C17H25F2N3O3S/c1-17(2,3)20-16(23)12-21-7-4-8-22(10-9-21)26(24,25)15-11-13(18)5-6-14(15)19/h5-6,11H,4,7-10,12H2,1-3H3,(H,20,23). The van der Waals surface area contributed by atoms with Crippen molar-refractivity contribution in [2.24, 2.45) is 0 Å². The van der Waals surface area contributed by atoms with Crippen LogP contribution >= 0.6 is 0 Å². The van der Waals surface area contributed by atoms with Crippen molar-refractivity contribution in [2.75, 3.05) is 32.7 Å². The Kier molecular flexibility index (Phi) is 6.36. The summed E-state index contributed by atoms with van der Waals surface area (Å²) < 4.78 is 53.7. The molecule has 1 N–H and O–H groups in total. The number of sulfonamides is 1. The number of benzene rings is 1. The van der Waals surface area contributed by atoms with Crippen molar-refractivity contribution in [3.63, 3.8) is 0 Å². The van der Waals surface area contributed by atoms with Gasteiger partial charge >= 0.3 is 0 Å². The first-order valence-corrected chi connectivity index (χ1v) is 9.91. The summed E-state index contributed by atoms with van der Waals surface area (Å²) in [6.07, 6.45) is 0.499. The highest BCUT2D eigenvalue weighted by Crippen LogP contribution is 2.21. The minimum atomic E-state index is -4.13. The zero-order valence-corrected chi connectivity index (χ0v) is 16.1. The molecule has 1 fully saturated rings. The molecule has 1 aliphatic heterocycles. The van der Waals surface area contributed by atoms with Gasteiger partial charge in [-0.05, 0) is 51.9 Å². The molecule has 9 heteroatoms. The second-order valence-electron chi connectivity index (χ2n) is 7.41. The molecule has 0 atom stereocenters. The van der Waals surface area contributed by atoms with Crippen LogP contribution in [0.2, 0.25) is 0 Å². The Morgan fingerprint density at radius 2 is 1.85 bits per heavy atom. The van der Waals surface area contributed by atoms with Gasteiger partial charge in [0.25, 0.3) is 0 Å². The number of nitrogens with zero attached hydrogens (tertiary/aromatic N) is 2. The van der Waals surface area contributed by atoms with E-state index in [9.17, 15) is 22.0 Å². The maximum atomic E-state index is 13.9. The molecule has 0 aromatic heterocycles. The Labute approximate surface area is 153 Å². The number of rotatable bonds is 4. The molecule has 0 spiro atoms. The van der Waals surface area contributed by atoms with Crippen LogP contribution in [0.25, 0.3) is 0 Å². The number of halogens is 2. The molecule has 0 radical (unpaired) electrons. The molecule has 2 rings (SSSR count). The highest BCUT2D eigenvalue weighted by atomic mass is 32.2. The van der Waals surface area contributed by atoms with E-state index in [1.807, 2.05) is 25.7 Å². The lowest BCUT2D eigenvalue weighted by Crippen LogP contribution is -2.46. The van der Waals surface area contributed by atoms with Crippen LogP contribution < -0.4 is 5.32 Å². The SMILES string of the molecule is CC(C)(C)NC(=O)CN1CCCN(S(=O)(=O)c2cc(F)ccc2F)CC1. The van der Waals surface area contributed by atoms with Gasteiger partial charge in [-0.15, -0.1) is 0 Å². The average molecular weight is 389 g/mol. The summed E-state index contributed by atoms with van der Waals surface area (Å²) in [5.74, 6) is -1.91. The quantitative estimate of drug-likeness (QED) is 0.849. The monoisotopic (exact) mass is 389 g/mol. The fraction of sp³-hybridized carbons (Fsp3) is 0.588. The summed E-state index contributed by atoms with van der Waals surface area (Å²) in [5.41, 5.74) is -0.340. The van der Waals surface area contributed by atoms with Crippen LogP contribution in [0.15, 0.2) is 23.1 Å². The molecule has 0 unspecified atom stereocenters. The highest BCUT2D eigenvalue weighted by Gasteiger charge is 2.30. The van der Waals surface area contributed by atoms with E-state index in [0.717, 1.165) is 16.4 Å². The van der Waals surface area contributed by atoms with Gasteiger partial charge in [-0.2, -0.15) is 4.31 Å². The number of carbonyl (C=O) groups excluding carboxylic acids is 1. The van der Waals surface area contributed by atoms with Crippen molar-refractivity contribution >= 4 is 15.9 Å². The Bertz CT molecular complexity index is 763. The predicted molar refractivity (Wildman–Crippen MR) is 94.1 cm³/mol. The number of carbonyl (C=O) groups is 1. The Hall–Kier alpha value is -1.58. The number of hydrogen-bond acceptors (Lipinski definition) is 4. The van der Waals surface area contributed by atoms with E-state index in [-0.39, 0.29) is 31.1 Å². The normalized spacial score (nSPS) is 17.7. The Morgan fingerprint density at radius 3 is 2.50 bits per heavy atom. The van der Waals surface area contributed by atoms with Crippen LogP contribution in [0.3, 0.4) is 0 Å². The summed E-state index contributed by atoms with van der Waals surface area (Å²) in [5, 5.41) is 2.86. The van der Waals surface area contributed by atoms with E-state index in [4.69, 9.17) is 0 Å². The zero-order chi connectivity index (χ0) is 19.5. The van der Waals surface area contributed by atoms with Crippen LogP contribution in [-0.4, -0.2) is 61.8 Å². The lowest BCUT2D eigenvalue weighted by molar-refractivity contribution is -0.123. The van der Waals surface area contributed by atoms with Crippen LogP contribution in [-0.2, 0) is 14.8 Å². The van der Waals surface area contributed by atoms with E-state index in [2.05, 4.69) is 5.32 Å². The van der Waals surface area contributed by atoms with Gasteiger partial charge in [0.1, 0.15) is 16.5 Å². The Balaban J connectivity index is 2.06. The fourth-order valence-corrected chi connectivity index (χ4v) is 4.37. The molecule has 146 valence electrons. The van der Waals surface area contributed by atoms with Crippen molar-refractivity contribution in [1.82, 2.24) is 14.5 Å². The Morgan fingerprint density at radius 1 is 1.15 bits per heavy atom. The number of hydrogen-bond donors (Lipinski definition) is 1. The molecule has 1 amide bonds.